The first-order valence-corrected chi connectivity index (χ1v) is 8.65. The van der Waals surface area contributed by atoms with E-state index in [1.807, 2.05) is 23.2 Å². The van der Waals surface area contributed by atoms with E-state index < -0.39 is 0 Å². The van der Waals surface area contributed by atoms with Gasteiger partial charge in [0.15, 0.2) is 0 Å². The highest BCUT2D eigenvalue weighted by molar-refractivity contribution is 5.91. The number of amides is 1. The van der Waals surface area contributed by atoms with E-state index in [0.29, 0.717) is 17.6 Å². The van der Waals surface area contributed by atoms with Gasteiger partial charge in [0.05, 0.1) is 6.26 Å². The summed E-state index contributed by atoms with van der Waals surface area (Å²) in [5.41, 5.74) is 0. The topological polar surface area (TPSA) is 51.3 Å². The number of furan rings is 1. The molecular formula is C19H25N3O2. The second kappa shape index (κ2) is 7.51. The molecule has 1 aliphatic rings. The number of piperidine rings is 1. The van der Waals surface area contributed by atoms with Crippen LogP contribution in [-0.2, 0) is 11.3 Å². The molecule has 0 aliphatic carbocycles. The van der Waals surface area contributed by atoms with Crippen LogP contribution in [0.15, 0.2) is 41.3 Å². The van der Waals surface area contributed by atoms with E-state index in [1.165, 1.54) is 0 Å². The maximum atomic E-state index is 12.2. The number of carbonyl (C=O) groups excluding carboxylic acids is 1. The quantitative estimate of drug-likeness (QED) is 0.789. The average Bonchev–Trinajstić information content (AvgIpc) is 3.25. The van der Waals surface area contributed by atoms with Gasteiger partial charge in [0.2, 0.25) is 5.91 Å². The molecule has 0 unspecified atom stereocenters. The Balaban J connectivity index is 1.50. The normalized spacial score (nSPS) is 16.4. The van der Waals surface area contributed by atoms with Gasteiger partial charge < -0.3 is 13.9 Å². The van der Waals surface area contributed by atoms with Crippen LogP contribution >= 0.6 is 0 Å². The molecule has 0 aromatic carbocycles. The van der Waals surface area contributed by atoms with Gasteiger partial charge in [0, 0.05) is 44.0 Å². The predicted molar refractivity (Wildman–Crippen MR) is 93.4 cm³/mol. The lowest BCUT2D eigenvalue weighted by molar-refractivity contribution is -0.127. The highest BCUT2D eigenvalue weighted by Crippen LogP contribution is 2.22. The van der Waals surface area contributed by atoms with Crippen molar-refractivity contribution in [2.45, 2.75) is 39.2 Å². The van der Waals surface area contributed by atoms with Crippen LogP contribution < -0.4 is 0 Å². The molecule has 0 radical (unpaired) electrons. The molecule has 1 aliphatic heterocycles. The second-order valence-electron chi connectivity index (χ2n) is 6.71. The number of nitrogens with zero attached hydrogens (tertiary/aromatic N) is 3. The minimum atomic E-state index is 0.0651. The van der Waals surface area contributed by atoms with Crippen LogP contribution in [0.25, 0.3) is 6.08 Å². The highest BCUT2D eigenvalue weighted by Gasteiger charge is 2.22. The number of likely N-dealkylation sites (tertiary alicyclic amines) is 1. The van der Waals surface area contributed by atoms with E-state index in [9.17, 15) is 4.79 Å². The van der Waals surface area contributed by atoms with E-state index in [4.69, 9.17) is 4.42 Å². The summed E-state index contributed by atoms with van der Waals surface area (Å²) < 4.78 is 7.48. The molecule has 0 N–H and O–H groups in total. The van der Waals surface area contributed by atoms with Crippen LogP contribution in [0.1, 0.15) is 44.2 Å². The molecule has 5 nitrogen and oxygen atoms in total. The highest BCUT2D eigenvalue weighted by atomic mass is 16.3. The van der Waals surface area contributed by atoms with Gasteiger partial charge in [-0.1, -0.05) is 13.8 Å². The van der Waals surface area contributed by atoms with Crippen LogP contribution in [0.3, 0.4) is 0 Å². The fourth-order valence-electron chi connectivity index (χ4n) is 3.23. The Kier molecular flexibility index (Phi) is 5.18. The summed E-state index contributed by atoms with van der Waals surface area (Å²) >= 11 is 0. The van der Waals surface area contributed by atoms with Gasteiger partial charge >= 0.3 is 0 Å². The van der Waals surface area contributed by atoms with Crippen LogP contribution in [0, 0.1) is 5.92 Å². The Morgan fingerprint density at radius 2 is 2.21 bits per heavy atom. The monoisotopic (exact) mass is 327 g/mol. The maximum Gasteiger partial charge on any atom is 0.246 e. The first kappa shape index (κ1) is 16.6. The summed E-state index contributed by atoms with van der Waals surface area (Å²) in [4.78, 5) is 18.6. The van der Waals surface area contributed by atoms with Crippen LogP contribution in [-0.4, -0.2) is 33.4 Å². The summed E-state index contributed by atoms with van der Waals surface area (Å²) in [6.07, 6.45) is 11.0. The van der Waals surface area contributed by atoms with Crippen molar-refractivity contribution >= 4 is 12.0 Å². The van der Waals surface area contributed by atoms with Crippen molar-refractivity contribution in [2.75, 3.05) is 13.1 Å². The lowest BCUT2D eigenvalue weighted by atomic mass is 9.96. The Morgan fingerprint density at radius 1 is 1.42 bits per heavy atom. The molecule has 24 heavy (non-hydrogen) atoms. The number of hydrogen-bond donors (Lipinski definition) is 0. The SMILES string of the molecule is CC(C)c1nccn1CC1CCN(C(=O)/C=C/c2ccco2)CC1. The second-order valence-corrected chi connectivity index (χ2v) is 6.71. The molecule has 128 valence electrons. The smallest absolute Gasteiger partial charge is 0.246 e. The van der Waals surface area contributed by atoms with Crippen molar-refractivity contribution in [3.05, 3.63) is 48.5 Å². The molecule has 0 saturated carbocycles. The standard InChI is InChI=1S/C19H25N3O2/c1-15(2)19-20-9-12-22(19)14-16-7-10-21(11-8-16)18(23)6-5-17-4-3-13-24-17/h3-6,9,12-13,15-16H,7-8,10-11,14H2,1-2H3/b6-5+. The molecular weight excluding hydrogens is 302 g/mol. The molecule has 0 atom stereocenters. The van der Waals surface area contributed by atoms with Crippen molar-refractivity contribution in [1.29, 1.82) is 0 Å². The zero-order chi connectivity index (χ0) is 16.9. The van der Waals surface area contributed by atoms with E-state index in [0.717, 1.165) is 38.3 Å². The maximum absolute atomic E-state index is 12.2. The van der Waals surface area contributed by atoms with Crippen molar-refractivity contribution in [3.8, 4) is 0 Å². The zero-order valence-corrected chi connectivity index (χ0v) is 14.4. The largest absolute Gasteiger partial charge is 0.465 e. The molecule has 3 heterocycles. The summed E-state index contributed by atoms with van der Waals surface area (Å²) in [5, 5.41) is 0. The van der Waals surface area contributed by atoms with Crippen molar-refractivity contribution < 1.29 is 9.21 Å². The van der Waals surface area contributed by atoms with Crippen molar-refractivity contribution in [1.82, 2.24) is 14.5 Å². The Morgan fingerprint density at radius 3 is 2.88 bits per heavy atom. The van der Waals surface area contributed by atoms with Gasteiger partial charge in [-0.15, -0.1) is 0 Å². The minimum Gasteiger partial charge on any atom is -0.465 e. The van der Waals surface area contributed by atoms with E-state index >= 15 is 0 Å². The third kappa shape index (κ3) is 3.96. The fraction of sp³-hybridized carbons (Fsp3) is 0.474. The molecule has 2 aromatic rings. The Bertz CT molecular complexity index is 677. The van der Waals surface area contributed by atoms with Crippen molar-refractivity contribution in [3.63, 3.8) is 0 Å². The summed E-state index contributed by atoms with van der Waals surface area (Å²) in [7, 11) is 0. The van der Waals surface area contributed by atoms with Crippen LogP contribution in [0.2, 0.25) is 0 Å². The Labute approximate surface area is 143 Å². The van der Waals surface area contributed by atoms with Gasteiger partial charge in [-0.2, -0.15) is 0 Å². The summed E-state index contributed by atoms with van der Waals surface area (Å²) in [6.45, 7) is 6.98. The number of hydrogen-bond acceptors (Lipinski definition) is 3. The molecule has 2 aromatic heterocycles. The van der Waals surface area contributed by atoms with Gasteiger partial charge in [0.25, 0.3) is 0 Å². The van der Waals surface area contributed by atoms with E-state index in [-0.39, 0.29) is 5.91 Å². The zero-order valence-electron chi connectivity index (χ0n) is 14.4. The van der Waals surface area contributed by atoms with E-state index in [2.05, 4.69) is 29.6 Å². The molecule has 0 bridgehead atoms. The minimum absolute atomic E-state index is 0.0651. The lowest BCUT2D eigenvalue weighted by Gasteiger charge is -2.32. The van der Waals surface area contributed by atoms with Crippen LogP contribution in [0.5, 0.6) is 0 Å². The fourth-order valence-corrected chi connectivity index (χ4v) is 3.23. The number of imidazole rings is 1. The molecule has 1 saturated heterocycles. The molecule has 1 fully saturated rings. The van der Waals surface area contributed by atoms with Crippen LogP contribution in [0.4, 0.5) is 0 Å². The van der Waals surface area contributed by atoms with Crippen molar-refractivity contribution in [2.24, 2.45) is 5.92 Å². The molecule has 1 amide bonds. The lowest BCUT2D eigenvalue weighted by Crippen LogP contribution is -2.38. The Hall–Kier alpha value is -2.30. The first-order valence-electron chi connectivity index (χ1n) is 8.65. The number of rotatable bonds is 5. The molecule has 3 rings (SSSR count). The van der Waals surface area contributed by atoms with E-state index in [1.54, 1.807) is 18.4 Å². The molecule has 5 heteroatoms. The third-order valence-electron chi connectivity index (χ3n) is 4.58. The molecule has 0 spiro atoms. The van der Waals surface area contributed by atoms with Gasteiger partial charge in [-0.25, -0.2) is 4.98 Å². The third-order valence-corrected chi connectivity index (χ3v) is 4.58. The van der Waals surface area contributed by atoms with Gasteiger partial charge in [-0.3, -0.25) is 4.79 Å². The average molecular weight is 327 g/mol. The van der Waals surface area contributed by atoms with Gasteiger partial charge in [-0.05, 0) is 37.0 Å². The van der Waals surface area contributed by atoms with Gasteiger partial charge in [0.1, 0.15) is 11.6 Å². The first-order chi connectivity index (χ1) is 11.6. The number of aromatic nitrogens is 2. The summed E-state index contributed by atoms with van der Waals surface area (Å²) in [5.74, 6) is 2.97. The predicted octanol–water partition coefficient (Wildman–Crippen LogP) is 3.55. The summed E-state index contributed by atoms with van der Waals surface area (Å²) in [6, 6.07) is 3.66. The number of carbonyl (C=O) groups is 1.